The third-order valence-corrected chi connectivity index (χ3v) is 9.18. The van der Waals surface area contributed by atoms with E-state index in [-0.39, 0.29) is 78.3 Å². The number of amides is 2. The van der Waals surface area contributed by atoms with Gasteiger partial charge in [-0.25, -0.2) is 36.7 Å². The van der Waals surface area contributed by atoms with Crippen LogP contribution in [0.2, 0.25) is 0 Å². The van der Waals surface area contributed by atoms with Crippen LogP contribution in [-0.4, -0.2) is 58.3 Å². The molecule has 16 nitrogen and oxygen atoms in total. The normalized spacial score (nSPS) is 12.7. The first-order chi connectivity index (χ1) is 22.9. The molecule has 1 aliphatic heterocycles. The first-order valence-corrected chi connectivity index (χ1v) is 16.9. The number of aromatic hydroxyl groups is 1. The Hall–Kier alpha value is -5.82. The van der Waals surface area contributed by atoms with Gasteiger partial charge in [-0.05, 0) is 79.6 Å². The molecule has 2 amide bonds. The fraction of sp³-hybridized carbons (Fsp3) is 0.0968. The highest BCUT2D eigenvalue weighted by Crippen LogP contribution is 2.52. The molecule has 0 atom stereocenters. The number of hydrogen-bond donors (Lipinski definition) is 5. The SMILES string of the molecule is COc1cc(-c2cc(S(N)(=O)=O)ccc2C(=O)NC(=O)O)c2c(c1C)OC(=O)c1c(C)cc(O)c(C=Nc3ccc(S(N)(=O)=O)cc3)c1O2. The van der Waals surface area contributed by atoms with E-state index < -0.39 is 42.9 Å². The van der Waals surface area contributed by atoms with Crippen molar-refractivity contribution in [1.29, 1.82) is 0 Å². The van der Waals surface area contributed by atoms with Gasteiger partial charge in [0.1, 0.15) is 17.1 Å². The Labute approximate surface area is 278 Å². The number of sulfonamides is 2. The summed E-state index contributed by atoms with van der Waals surface area (Å²) in [5.74, 6) is -3.07. The second-order valence-electron chi connectivity index (χ2n) is 10.5. The lowest BCUT2D eigenvalue weighted by Crippen LogP contribution is -2.29. The van der Waals surface area contributed by atoms with E-state index in [4.69, 9.17) is 24.5 Å². The number of carboxylic acid groups (broad SMARTS) is 1. The predicted molar refractivity (Wildman–Crippen MR) is 173 cm³/mol. The number of phenolic OH excluding ortho intramolecular Hbond substituents is 1. The molecule has 0 saturated heterocycles. The Kier molecular flexibility index (Phi) is 8.91. The molecule has 0 aliphatic carbocycles. The Morgan fingerprint density at radius 2 is 1.51 bits per heavy atom. The van der Waals surface area contributed by atoms with E-state index in [9.17, 15) is 41.4 Å². The smallest absolute Gasteiger partial charge is 0.411 e. The number of nitrogens with zero attached hydrogens (tertiary/aromatic N) is 1. The molecular weight excluding hydrogens is 684 g/mol. The highest BCUT2D eigenvalue weighted by atomic mass is 32.2. The van der Waals surface area contributed by atoms with Crippen molar-refractivity contribution < 1.29 is 55.6 Å². The summed E-state index contributed by atoms with van der Waals surface area (Å²) in [6.45, 7) is 3.04. The van der Waals surface area contributed by atoms with Crippen molar-refractivity contribution in [3.63, 3.8) is 0 Å². The van der Waals surface area contributed by atoms with E-state index in [0.717, 1.165) is 24.4 Å². The molecule has 254 valence electrons. The van der Waals surface area contributed by atoms with Crippen LogP contribution in [0.25, 0.3) is 11.1 Å². The number of aliphatic imine (C=N–C) groups is 1. The van der Waals surface area contributed by atoms with Crippen molar-refractivity contribution in [2.75, 3.05) is 7.11 Å². The number of nitrogens with two attached hydrogens (primary N) is 2. The minimum Gasteiger partial charge on any atom is -0.507 e. The van der Waals surface area contributed by atoms with Crippen LogP contribution in [0.5, 0.6) is 28.7 Å². The minimum atomic E-state index is -4.37. The van der Waals surface area contributed by atoms with Crippen molar-refractivity contribution in [3.05, 3.63) is 82.4 Å². The van der Waals surface area contributed by atoms with Crippen LogP contribution in [0.1, 0.15) is 37.4 Å². The van der Waals surface area contributed by atoms with E-state index in [1.165, 1.54) is 57.4 Å². The average Bonchev–Trinajstić information content (AvgIpc) is 3.16. The number of methoxy groups -OCH3 is 1. The lowest BCUT2D eigenvalue weighted by Gasteiger charge is -2.20. The van der Waals surface area contributed by atoms with Crippen molar-refractivity contribution in [2.45, 2.75) is 23.6 Å². The van der Waals surface area contributed by atoms with Crippen LogP contribution >= 0.6 is 0 Å². The van der Waals surface area contributed by atoms with Crippen molar-refractivity contribution >= 4 is 49.9 Å². The molecular formula is C31H26N4O12S2. The molecule has 4 aromatic rings. The Balaban J connectivity index is 1.79. The molecule has 0 radical (unpaired) electrons. The van der Waals surface area contributed by atoms with Gasteiger partial charge in [-0.3, -0.25) is 15.1 Å². The molecule has 7 N–H and O–H groups in total. The summed E-state index contributed by atoms with van der Waals surface area (Å²) in [5.41, 5.74) is -0.193. The van der Waals surface area contributed by atoms with Crippen molar-refractivity contribution in [3.8, 4) is 39.9 Å². The number of hydrogen-bond acceptors (Lipinski definition) is 12. The molecule has 0 aromatic heterocycles. The lowest BCUT2D eigenvalue weighted by atomic mass is 9.96. The maximum Gasteiger partial charge on any atom is 0.411 e. The number of carbonyl (C=O) groups is 3. The summed E-state index contributed by atoms with van der Waals surface area (Å²) < 4.78 is 65.6. The first kappa shape index (κ1) is 34.5. The summed E-state index contributed by atoms with van der Waals surface area (Å²) in [6.07, 6.45) is -0.540. The Morgan fingerprint density at radius 3 is 2.10 bits per heavy atom. The molecule has 18 heteroatoms. The number of ether oxygens (including phenoxy) is 3. The molecule has 1 heterocycles. The lowest BCUT2D eigenvalue weighted by molar-refractivity contribution is 0.0734. The third-order valence-electron chi connectivity index (χ3n) is 7.34. The zero-order valence-corrected chi connectivity index (χ0v) is 27.3. The number of nitrogens with one attached hydrogen (secondary N) is 1. The van der Waals surface area contributed by atoms with Gasteiger partial charge in [-0.15, -0.1) is 0 Å². The van der Waals surface area contributed by atoms with Crippen LogP contribution in [-0.2, 0) is 20.0 Å². The number of carbonyl (C=O) groups excluding carboxylic acids is 2. The van der Waals surface area contributed by atoms with Crippen LogP contribution in [0, 0.1) is 13.8 Å². The number of aryl methyl sites for hydroxylation is 1. The third kappa shape index (κ3) is 6.79. The molecule has 0 spiro atoms. The zero-order valence-electron chi connectivity index (χ0n) is 25.7. The maximum atomic E-state index is 13.7. The second kappa shape index (κ2) is 12.7. The highest BCUT2D eigenvalue weighted by molar-refractivity contribution is 7.89. The zero-order chi connectivity index (χ0) is 36.0. The molecule has 1 aliphatic rings. The standard InChI is InChI=1S/C31H26N4O12S2/c1-14-10-23(36)22(13-34-16-4-6-17(7-5-16)48(32,41)42)27-25(14)30(38)47-26-15(2)24(45-3)12-21(28(26)46-27)20-11-18(49(33,43)44)8-9-19(20)29(37)35-31(39)40/h4-13,36H,1-3H3,(H,35,37)(H,39,40)(H2,32,41,42)(H2,33,43,44). The van der Waals surface area contributed by atoms with Gasteiger partial charge in [0.2, 0.25) is 20.0 Å². The first-order valence-electron chi connectivity index (χ1n) is 13.8. The van der Waals surface area contributed by atoms with Crippen LogP contribution in [0.3, 0.4) is 0 Å². The molecule has 4 aromatic carbocycles. The number of rotatable bonds is 7. The van der Waals surface area contributed by atoms with Gasteiger partial charge in [-0.2, -0.15) is 0 Å². The topological polar surface area (TPSA) is 264 Å². The van der Waals surface area contributed by atoms with E-state index in [1.807, 2.05) is 0 Å². The van der Waals surface area contributed by atoms with Crippen molar-refractivity contribution in [2.24, 2.45) is 15.3 Å². The fourth-order valence-electron chi connectivity index (χ4n) is 5.01. The summed E-state index contributed by atoms with van der Waals surface area (Å²) in [7, 11) is -7.04. The summed E-state index contributed by atoms with van der Waals surface area (Å²) in [5, 5.41) is 32.5. The molecule has 49 heavy (non-hydrogen) atoms. The van der Waals surface area contributed by atoms with Crippen LogP contribution in [0.15, 0.2) is 69.4 Å². The van der Waals surface area contributed by atoms with Gasteiger partial charge < -0.3 is 24.4 Å². The maximum absolute atomic E-state index is 13.7. The monoisotopic (exact) mass is 710 g/mol. The Bertz CT molecular complexity index is 2340. The highest BCUT2D eigenvalue weighted by Gasteiger charge is 2.34. The molecule has 5 rings (SSSR count). The largest absolute Gasteiger partial charge is 0.507 e. The van der Waals surface area contributed by atoms with E-state index in [1.54, 1.807) is 5.32 Å². The molecule has 0 unspecified atom stereocenters. The van der Waals surface area contributed by atoms with Gasteiger partial charge in [0, 0.05) is 22.9 Å². The van der Waals surface area contributed by atoms with Gasteiger partial charge in [0.25, 0.3) is 5.91 Å². The molecule has 0 fully saturated rings. The summed E-state index contributed by atoms with van der Waals surface area (Å²) in [4.78, 5) is 41.7. The van der Waals surface area contributed by atoms with E-state index >= 15 is 0 Å². The van der Waals surface area contributed by atoms with Crippen LogP contribution < -0.4 is 29.8 Å². The fourth-order valence-corrected chi connectivity index (χ4v) is 6.06. The Morgan fingerprint density at radius 1 is 0.878 bits per heavy atom. The number of imide groups is 1. The average molecular weight is 711 g/mol. The molecule has 0 saturated carbocycles. The predicted octanol–water partition coefficient (Wildman–Crippen LogP) is 3.46. The van der Waals surface area contributed by atoms with Gasteiger partial charge in [0.05, 0.1) is 28.2 Å². The van der Waals surface area contributed by atoms with E-state index in [0.29, 0.717) is 0 Å². The number of benzene rings is 4. The van der Waals surface area contributed by atoms with Gasteiger partial charge in [-0.1, -0.05) is 0 Å². The van der Waals surface area contributed by atoms with Gasteiger partial charge >= 0.3 is 12.1 Å². The van der Waals surface area contributed by atoms with Crippen molar-refractivity contribution in [1.82, 2.24) is 5.32 Å². The number of phenols is 1. The number of fused-ring (bicyclic) bond motifs is 2. The quantitative estimate of drug-likeness (QED) is 0.105. The number of esters is 1. The minimum absolute atomic E-state index is 0.0957. The van der Waals surface area contributed by atoms with Crippen LogP contribution in [0.4, 0.5) is 10.5 Å². The summed E-state index contributed by atoms with van der Waals surface area (Å²) in [6, 6.07) is 10.8. The summed E-state index contributed by atoms with van der Waals surface area (Å²) >= 11 is 0. The second-order valence-corrected chi connectivity index (χ2v) is 13.7. The van der Waals surface area contributed by atoms with E-state index in [2.05, 4.69) is 4.99 Å². The number of primary sulfonamides is 2. The van der Waals surface area contributed by atoms with Gasteiger partial charge in [0.15, 0.2) is 17.2 Å². The molecule has 0 bridgehead atoms.